The molecule has 0 fully saturated rings. The normalized spacial score (nSPS) is 7.15. The van der Waals surface area contributed by atoms with Gasteiger partial charge < -0.3 is 0 Å². The van der Waals surface area contributed by atoms with Gasteiger partial charge in [0, 0.05) is 0 Å². The summed E-state index contributed by atoms with van der Waals surface area (Å²) in [6, 6.07) is 0. The van der Waals surface area contributed by atoms with Gasteiger partial charge in [0.2, 0.25) is 22.2 Å². The molecule has 0 aliphatic heterocycles. The fourth-order valence-electron chi connectivity index (χ4n) is 0.164. The van der Waals surface area contributed by atoms with Crippen LogP contribution in [0.1, 0.15) is 0 Å². The van der Waals surface area contributed by atoms with E-state index in [0.29, 0.717) is 0 Å². The molecular formula is C5H9N3O4S. The molecule has 0 atom stereocenters. The van der Waals surface area contributed by atoms with Gasteiger partial charge in [-0.1, -0.05) is 6.08 Å². The van der Waals surface area contributed by atoms with E-state index in [9.17, 15) is 8.42 Å². The van der Waals surface area contributed by atoms with E-state index in [0.717, 1.165) is 12.2 Å². The number of isocyanates is 2. The molecule has 0 aromatic rings. The third-order valence-electron chi connectivity index (χ3n) is 0.350. The molecular weight excluding hydrogens is 198 g/mol. The van der Waals surface area contributed by atoms with Crippen LogP contribution in [0, 0.1) is 10.8 Å². The van der Waals surface area contributed by atoms with Gasteiger partial charge in [0.05, 0.1) is 5.75 Å². The maximum Gasteiger partial charge on any atom is 0.231 e. The molecule has 8 heteroatoms. The Morgan fingerprint density at radius 2 is 1.54 bits per heavy atom. The van der Waals surface area contributed by atoms with E-state index >= 15 is 0 Å². The van der Waals surface area contributed by atoms with Crippen LogP contribution in [0.5, 0.6) is 0 Å². The molecule has 0 aliphatic rings. The summed E-state index contributed by atoms with van der Waals surface area (Å²) in [6.07, 6.45) is 2.75. The van der Waals surface area contributed by atoms with Crippen molar-refractivity contribution in [3.8, 4) is 0 Å². The van der Waals surface area contributed by atoms with E-state index in [1.54, 1.807) is 0 Å². The van der Waals surface area contributed by atoms with Crippen molar-refractivity contribution in [3.63, 3.8) is 0 Å². The predicted octanol–water partition coefficient (Wildman–Crippen LogP) is -0.737. The van der Waals surface area contributed by atoms with Crippen LogP contribution < -0.4 is 5.14 Å². The highest BCUT2D eigenvalue weighted by Gasteiger charge is 1.93. The molecule has 4 N–H and O–H groups in total. The average Bonchev–Trinajstić information content (AvgIpc) is 1.87. The molecule has 0 unspecified atom stereocenters. The van der Waals surface area contributed by atoms with Crippen molar-refractivity contribution in [2.45, 2.75) is 0 Å². The molecule has 0 heterocycles. The molecule has 0 bridgehead atoms. The Morgan fingerprint density at radius 1 is 1.31 bits per heavy atom. The molecule has 7 nitrogen and oxygen atoms in total. The SMILES string of the molecule is C=CCS(N)(=O)=O.N=C=O.N=C=O. The van der Waals surface area contributed by atoms with Crippen molar-refractivity contribution in [1.82, 2.24) is 0 Å². The molecule has 0 aromatic heterocycles. The summed E-state index contributed by atoms with van der Waals surface area (Å²) in [5.41, 5.74) is 0. The van der Waals surface area contributed by atoms with Crippen LogP contribution in [0.2, 0.25) is 0 Å². The zero-order valence-corrected chi connectivity index (χ0v) is 7.43. The second kappa shape index (κ2) is 13.0. The Labute approximate surface area is 75.3 Å². The summed E-state index contributed by atoms with van der Waals surface area (Å²) in [7, 11) is -3.29. The fraction of sp³-hybridized carbons (Fsp3) is 0.200. The molecule has 0 saturated carbocycles. The van der Waals surface area contributed by atoms with Crippen LogP contribution in [0.15, 0.2) is 12.7 Å². The quantitative estimate of drug-likeness (QED) is 0.311. The van der Waals surface area contributed by atoms with Gasteiger partial charge in [-0.2, -0.15) is 0 Å². The highest BCUT2D eigenvalue weighted by molar-refractivity contribution is 7.89. The van der Waals surface area contributed by atoms with E-state index in [4.69, 9.17) is 20.4 Å². The van der Waals surface area contributed by atoms with Gasteiger partial charge in [0.15, 0.2) is 0 Å². The van der Waals surface area contributed by atoms with Crippen LogP contribution in [0.25, 0.3) is 0 Å². The lowest BCUT2D eigenvalue weighted by Crippen LogP contribution is -2.14. The summed E-state index contributed by atoms with van der Waals surface area (Å²) in [6.45, 7) is 3.19. The summed E-state index contributed by atoms with van der Waals surface area (Å²) in [4.78, 5) is 16.7. The van der Waals surface area contributed by atoms with Crippen LogP contribution in [0.4, 0.5) is 0 Å². The molecule has 0 amide bonds. The summed E-state index contributed by atoms with van der Waals surface area (Å²) >= 11 is 0. The molecule has 0 rings (SSSR count). The molecule has 0 aromatic carbocycles. The van der Waals surface area contributed by atoms with Gasteiger partial charge in [-0.15, -0.1) is 6.58 Å². The molecule has 74 valence electrons. The van der Waals surface area contributed by atoms with Crippen molar-refractivity contribution >= 4 is 22.2 Å². The Morgan fingerprint density at radius 3 is 1.54 bits per heavy atom. The maximum absolute atomic E-state index is 9.94. The Hall–Kier alpha value is -1.59. The van der Waals surface area contributed by atoms with E-state index < -0.39 is 10.0 Å². The van der Waals surface area contributed by atoms with Crippen molar-refractivity contribution in [3.05, 3.63) is 12.7 Å². The van der Waals surface area contributed by atoms with Gasteiger partial charge in [-0.25, -0.2) is 34.0 Å². The number of nitrogens with two attached hydrogens (primary N) is 1. The molecule has 13 heavy (non-hydrogen) atoms. The topological polar surface area (TPSA) is 142 Å². The standard InChI is InChI=1S/C3H7NO2S.2CHNO/c1-2-3-7(4,5)6;2*2-1-3/h2H,1,3H2,(H2,4,5,6);2*2H. The minimum Gasteiger partial charge on any atom is -0.228 e. The highest BCUT2D eigenvalue weighted by atomic mass is 32.2. The first-order chi connectivity index (χ1) is 5.89. The smallest absolute Gasteiger partial charge is 0.228 e. The number of hydrogen-bond donors (Lipinski definition) is 3. The van der Waals surface area contributed by atoms with Crippen molar-refractivity contribution in [1.29, 1.82) is 10.8 Å². The predicted molar refractivity (Wildman–Crippen MR) is 45.0 cm³/mol. The van der Waals surface area contributed by atoms with Gasteiger partial charge in [0.1, 0.15) is 0 Å². The summed E-state index contributed by atoms with van der Waals surface area (Å²) < 4.78 is 19.9. The molecule has 0 radical (unpaired) electrons. The second-order valence-electron chi connectivity index (χ2n) is 1.32. The first-order valence-corrected chi connectivity index (χ1v) is 4.30. The van der Waals surface area contributed by atoms with Crippen molar-refractivity contribution < 1.29 is 18.0 Å². The van der Waals surface area contributed by atoms with Crippen LogP contribution in [-0.4, -0.2) is 26.3 Å². The summed E-state index contributed by atoms with van der Waals surface area (Å²) in [5, 5.41) is 15.4. The fourth-order valence-corrected chi connectivity index (χ4v) is 0.493. The van der Waals surface area contributed by atoms with E-state index in [2.05, 4.69) is 11.7 Å². The van der Waals surface area contributed by atoms with Gasteiger partial charge in [-0.05, 0) is 0 Å². The third kappa shape index (κ3) is 127. The van der Waals surface area contributed by atoms with E-state index in [1.165, 1.54) is 6.08 Å². The number of rotatable bonds is 2. The van der Waals surface area contributed by atoms with Crippen LogP contribution in [0.3, 0.4) is 0 Å². The van der Waals surface area contributed by atoms with Gasteiger partial charge >= 0.3 is 0 Å². The average molecular weight is 207 g/mol. The molecule has 0 aliphatic carbocycles. The van der Waals surface area contributed by atoms with Crippen molar-refractivity contribution in [2.75, 3.05) is 5.75 Å². The maximum atomic E-state index is 9.94. The number of hydrogen-bond acceptors (Lipinski definition) is 6. The number of sulfonamides is 1. The minimum atomic E-state index is -3.29. The second-order valence-corrected chi connectivity index (χ2v) is 2.98. The first-order valence-electron chi connectivity index (χ1n) is 2.58. The first kappa shape index (κ1) is 17.5. The van der Waals surface area contributed by atoms with Crippen LogP contribution in [-0.2, 0) is 19.6 Å². The Kier molecular flexibility index (Phi) is 17.5. The van der Waals surface area contributed by atoms with E-state index in [1.807, 2.05) is 0 Å². The zero-order valence-electron chi connectivity index (χ0n) is 6.61. The Balaban J connectivity index is -0.000000140. The Bertz CT molecular complexity index is 271. The van der Waals surface area contributed by atoms with Crippen molar-refractivity contribution in [2.24, 2.45) is 5.14 Å². The number of primary sulfonamides is 1. The highest BCUT2D eigenvalue weighted by Crippen LogP contribution is 1.73. The number of nitrogens with one attached hydrogen (secondary N) is 2. The molecule has 0 saturated heterocycles. The molecule has 0 spiro atoms. The van der Waals surface area contributed by atoms with Gasteiger partial charge in [-0.3, -0.25) is 0 Å². The van der Waals surface area contributed by atoms with E-state index in [-0.39, 0.29) is 5.75 Å². The summed E-state index contributed by atoms with van der Waals surface area (Å²) in [5.74, 6) is -0.146. The van der Waals surface area contributed by atoms with Crippen LogP contribution >= 0.6 is 0 Å². The third-order valence-corrected chi connectivity index (χ3v) is 1.05. The lowest BCUT2D eigenvalue weighted by atomic mass is 10.8. The zero-order chi connectivity index (χ0) is 11.3. The largest absolute Gasteiger partial charge is 0.231 e. The van der Waals surface area contributed by atoms with Gasteiger partial charge in [0.25, 0.3) is 0 Å². The lowest BCUT2D eigenvalue weighted by Gasteiger charge is -1.83. The number of carbonyl (C=O) groups excluding carboxylic acids is 2. The monoisotopic (exact) mass is 207 g/mol. The lowest BCUT2D eigenvalue weighted by molar-refractivity contribution is 0.562. The minimum absolute atomic E-state index is 0.146.